The highest BCUT2D eigenvalue weighted by Gasteiger charge is 2.30. The van der Waals surface area contributed by atoms with E-state index in [0.717, 1.165) is 16.5 Å². The Labute approximate surface area is 244 Å². The number of aliphatic hydroxyl groups is 1. The molecule has 42 heavy (non-hydrogen) atoms. The van der Waals surface area contributed by atoms with Crippen molar-refractivity contribution < 1.29 is 28.8 Å². The molecule has 3 N–H and O–H groups in total. The first-order valence-corrected chi connectivity index (χ1v) is 13.5. The van der Waals surface area contributed by atoms with Crippen molar-refractivity contribution in [1.82, 2.24) is 15.3 Å². The predicted molar refractivity (Wildman–Crippen MR) is 163 cm³/mol. The van der Waals surface area contributed by atoms with Crippen LogP contribution in [0.1, 0.15) is 29.8 Å². The molecule has 9 heteroatoms. The lowest BCUT2D eigenvalue weighted by Gasteiger charge is -2.30. The number of fused-ring (bicyclic) bond motifs is 2. The molecule has 218 valence electrons. The maximum atomic E-state index is 14.1. The second kappa shape index (κ2) is 11.6. The first kappa shape index (κ1) is 28.8. The monoisotopic (exact) mass is 569 g/mol. The van der Waals surface area contributed by atoms with Crippen molar-refractivity contribution in [2.24, 2.45) is 0 Å². The van der Waals surface area contributed by atoms with Gasteiger partial charge in [0.15, 0.2) is 11.5 Å². The summed E-state index contributed by atoms with van der Waals surface area (Å²) in [6.45, 7) is 3.39. The Hall–Kier alpha value is -4.76. The number of aromatic amines is 1. The topological polar surface area (TPSA) is 115 Å². The number of nitrogens with zero attached hydrogens (tertiary/aromatic N) is 1. The van der Waals surface area contributed by atoms with Crippen LogP contribution in [0.25, 0.3) is 33.1 Å². The summed E-state index contributed by atoms with van der Waals surface area (Å²) < 4.78 is 22.0. The Morgan fingerprint density at radius 1 is 0.929 bits per heavy atom. The molecule has 1 atom stereocenters. The smallest absolute Gasteiger partial charge is 0.252 e. The van der Waals surface area contributed by atoms with Gasteiger partial charge in [-0.1, -0.05) is 18.2 Å². The molecule has 0 bridgehead atoms. The minimum Gasteiger partial charge on any atom is -0.497 e. The third-order valence-corrected chi connectivity index (χ3v) is 7.48. The van der Waals surface area contributed by atoms with E-state index in [9.17, 15) is 9.90 Å². The number of methoxy groups -OCH3 is 4. The van der Waals surface area contributed by atoms with Crippen molar-refractivity contribution in [1.29, 1.82) is 0 Å². The van der Waals surface area contributed by atoms with E-state index in [1.807, 2.05) is 36.5 Å². The number of ether oxygens (including phenoxy) is 4. The van der Waals surface area contributed by atoms with Crippen LogP contribution in [0.4, 0.5) is 0 Å². The largest absolute Gasteiger partial charge is 0.497 e. The molecule has 0 aliphatic heterocycles. The molecule has 2 heterocycles. The summed E-state index contributed by atoms with van der Waals surface area (Å²) in [5.74, 6) is 1.64. The van der Waals surface area contributed by atoms with E-state index in [4.69, 9.17) is 23.9 Å². The average molecular weight is 570 g/mol. The fraction of sp³-hybridized carbons (Fsp3) is 0.273. The third-order valence-electron chi connectivity index (χ3n) is 7.48. The first-order chi connectivity index (χ1) is 20.2. The van der Waals surface area contributed by atoms with Crippen LogP contribution < -0.4 is 24.3 Å². The van der Waals surface area contributed by atoms with Crippen LogP contribution in [0.5, 0.6) is 23.0 Å². The molecule has 3 aromatic carbocycles. The summed E-state index contributed by atoms with van der Waals surface area (Å²) in [5.41, 5.74) is 2.98. The van der Waals surface area contributed by atoms with Gasteiger partial charge in [0.05, 0.1) is 56.9 Å². The van der Waals surface area contributed by atoms with Gasteiger partial charge < -0.3 is 34.4 Å². The van der Waals surface area contributed by atoms with Gasteiger partial charge in [0.2, 0.25) is 5.75 Å². The fourth-order valence-corrected chi connectivity index (χ4v) is 5.13. The number of carbonyl (C=O) groups excluding carboxylic acids is 1. The highest BCUT2D eigenvalue weighted by atomic mass is 16.5. The number of carbonyl (C=O) groups is 1. The molecular formula is C33H35N3O6. The van der Waals surface area contributed by atoms with E-state index in [-0.39, 0.29) is 5.91 Å². The molecule has 0 saturated carbocycles. The molecular weight excluding hydrogens is 534 g/mol. The van der Waals surface area contributed by atoms with E-state index >= 15 is 0 Å². The van der Waals surface area contributed by atoms with Crippen molar-refractivity contribution in [3.05, 3.63) is 78.0 Å². The maximum Gasteiger partial charge on any atom is 0.252 e. The van der Waals surface area contributed by atoms with Crippen molar-refractivity contribution in [3.8, 4) is 34.3 Å². The number of hydrogen-bond acceptors (Lipinski definition) is 7. The van der Waals surface area contributed by atoms with Crippen LogP contribution in [-0.4, -0.2) is 61.1 Å². The quantitative estimate of drug-likeness (QED) is 0.203. The molecule has 0 radical (unpaired) electrons. The Bertz CT molecular complexity index is 1730. The Kier molecular flexibility index (Phi) is 7.95. The van der Waals surface area contributed by atoms with Gasteiger partial charge in [-0.3, -0.25) is 4.79 Å². The Morgan fingerprint density at radius 2 is 1.64 bits per heavy atom. The second-order valence-electron chi connectivity index (χ2n) is 10.6. The molecule has 5 rings (SSSR count). The highest BCUT2D eigenvalue weighted by molar-refractivity contribution is 6.07. The number of aromatic nitrogens is 2. The van der Waals surface area contributed by atoms with Crippen LogP contribution >= 0.6 is 0 Å². The lowest BCUT2D eigenvalue weighted by Crippen LogP contribution is -2.50. The maximum absolute atomic E-state index is 14.1. The van der Waals surface area contributed by atoms with Crippen molar-refractivity contribution in [2.45, 2.75) is 31.9 Å². The Balaban J connectivity index is 1.60. The minimum atomic E-state index is -1.21. The molecule has 2 aromatic heterocycles. The van der Waals surface area contributed by atoms with Gasteiger partial charge in [-0.25, -0.2) is 4.98 Å². The highest BCUT2D eigenvalue weighted by Crippen LogP contribution is 2.41. The summed E-state index contributed by atoms with van der Waals surface area (Å²) in [4.78, 5) is 22.2. The van der Waals surface area contributed by atoms with E-state index in [1.165, 1.54) is 0 Å². The number of benzene rings is 3. The minimum absolute atomic E-state index is 0.351. The number of amides is 1. The first-order valence-electron chi connectivity index (χ1n) is 13.5. The zero-order chi connectivity index (χ0) is 30.0. The zero-order valence-corrected chi connectivity index (χ0v) is 24.6. The van der Waals surface area contributed by atoms with Crippen molar-refractivity contribution in [2.75, 3.05) is 28.4 Å². The predicted octanol–water partition coefficient (Wildman–Crippen LogP) is 5.53. The van der Waals surface area contributed by atoms with Crippen LogP contribution in [0, 0.1) is 0 Å². The van der Waals surface area contributed by atoms with E-state index in [2.05, 4.69) is 10.3 Å². The van der Waals surface area contributed by atoms with Crippen molar-refractivity contribution in [3.63, 3.8) is 0 Å². The molecule has 0 saturated heterocycles. The SMILES string of the molecule is COc1ccc2nc(-c3cc(OC)c(OC)c(OC)c3)cc(C(=O)N[C@H](Cc3c[nH]c4ccccc34)C(C)(C)O)c2c1. The fourth-order valence-electron chi connectivity index (χ4n) is 5.13. The van der Waals surface area contributed by atoms with Gasteiger partial charge in [0.1, 0.15) is 5.75 Å². The van der Waals surface area contributed by atoms with Gasteiger partial charge in [-0.2, -0.15) is 0 Å². The van der Waals surface area contributed by atoms with Gasteiger partial charge in [0, 0.05) is 28.0 Å². The summed E-state index contributed by atoms with van der Waals surface area (Å²) in [7, 11) is 6.21. The second-order valence-corrected chi connectivity index (χ2v) is 10.6. The van der Waals surface area contributed by atoms with Gasteiger partial charge in [0.25, 0.3) is 5.91 Å². The molecule has 9 nitrogen and oxygen atoms in total. The summed E-state index contributed by atoms with van der Waals surface area (Å²) in [6.07, 6.45) is 2.34. The number of H-pyrrole nitrogens is 1. The van der Waals surface area contributed by atoms with Gasteiger partial charge >= 0.3 is 0 Å². The van der Waals surface area contributed by atoms with Crippen molar-refractivity contribution >= 4 is 27.7 Å². The van der Waals surface area contributed by atoms with Crippen LogP contribution in [-0.2, 0) is 6.42 Å². The molecule has 0 fully saturated rings. The summed E-state index contributed by atoms with van der Waals surface area (Å²) >= 11 is 0. The standard InChI is InChI=1S/C33H35N3O6/c1-33(2,38)30(15-20-18-34-25-10-8-7-9-22(20)25)36-32(37)24-17-27(35-26-12-11-21(39-3)16-23(24)26)19-13-28(40-4)31(42-6)29(14-19)41-5/h7-14,16-18,30,34,38H,15H2,1-6H3,(H,36,37)/t30-/m1/s1. The molecule has 0 spiro atoms. The average Bonchev–Trinajstić information content (AvgIpc) is 3.41. The van der Waals surface area contributed by atoms with Gasteiger partial charge in [-0.05, 0) is 68.3 Å². The lowest BCUT2D eigenvalue weighted by atomic mass is 9.91. The molecule has 0 unspecified atom stereocenters. The number of rotatable bonds is 10. The summed E-state index contributed by atoms with van der Waals surface area (Å²) in [6, 6.07) is 18.1. The summed E-state index contributed by atoms with van der Waals surface area (Å²) in [5, 5.41) is 15.9. The lowest BCUT2D eigenvalue weighted by molar-refractivity contribution is 0.0352. The van der Waals surface area contributed by atoms with E-state index in [0.29, 0.717) is 57.1 Å². The number of pyridine rings is 1. The molecule has 0 aliphatic carbocycles. The molecule has 1 amide bonds. The Morgan fingerprint density at radius 3 is 2.29 bits per heavy atom. The molecule has 0 aliphatic rings. The number of nitrogens with one attached hydrogen (secondary N) is 2. The van der Waals surface area contributed by atoms with Gasteiger partial charge in [-0.15, -0.1) is 0 Å². The van der Waals surface area contributed by atoms with E-state index < -0.39 is 11.6 Å². The van der Waals surface area contributed by atoms with E-state index in [1.54, 1.807) is 72.6 Å². The number of para-hydroxylation sites is 1. The van der Waals surface area contributed by atoms with Crippen LogP contribution in [0.15, 0.2) is 66.9 Å². The van der Waals surface area contributed by atoms with Crippen LogP contribution in [0.2, 0.25) is 0 Å². The zero-order valence-electron chi connectivity index (χ0n) is 24.6. The molecule has 5 aromatic rings. The number of hydrogen-bond donors (Lipinski definition) is 3. The normalized spacial score (nSPS) is 12.3. The third kappa shape index (κ3) is 5.56. The van der Waals surface area contributed by atoms with Crippen LogP contribution in [0.3, 0.4) is 0 Å².